The van der Waals surface area contributed by atoms with Gasteiger partial charge >= 0.3 is 6.18 Å². The van der Waals surface area contributed by atoms with Crippen molar-refractivity contribution in [3.05, 3.63) is 18.2 Å². The zero-order valence-corrected chi connectivity index (χ0v) is 7.51. The van der Waals surface area contributed by atoms with Crippen LogP contribution in [0.5, 0.6) is 0 Å². The zero-order valence-electron chi connectivity index (χ0n) is 7.51. The average Bonchev–Trinajstić information content (AvgIpc) is 2.50. The first-order chi connectivity index (χ1) is 6.45. The maximum atomic E-state index is 11.9. The first-order valence-electron chi connectivity index (χ1n) is 4.04. The van der Waals surface area contributed by atoms with Gasteiger partial charge in [0.1, 0.15) is 0 Å². The molecule has 1 aromatic rings. The van der Waals surface area contributed by atoms with E-state index >= 15 is 0 Å². The van der Waals surface area contributed by atoms with Crippen molar-refractivity contribution in [1.82, 2.24) is 9.55 Å². The van der Waals surface area contributed by atoms with Crippen molar-refractivity contribution in [3.63, 3.8) is 0 Å². The molecule has 3 nitrogen and oxygen atoms in total. The Labute approximate surface area is 78.6 Å². The maximum Gasteiger partial charge on any atom is 0.450 e. The molecule has 0 N–H and O–H groups in total. The summed E-state index contributed by atoms with van der Waals surface area (Å²) in [6.07, 6.45) is -2.73. The van der Waals surface area contributed by atoms with Gasteiger partial charge < -0.3 is 4.57 Å². The molecule has 1 heterocycles. The van der Waals surface area contributed by atoms with Crippen molar-refractivity contribution in [2.75, 3.05) is 0 Å². The van der Waals surface area contributed by atoms with Crippen LogP contribution in [0.25, 0.3) is 0 Å². The van der Waals surface area contributed by atoms with Gasteiger partial charge in [0.25, 0.3) is 0 Å². The fraction of sp³-hybridized carbons (Fsp3) is 0.500. The largest absolute Gasteiger partial charge is 0.450 e. The van der Waals surface area contributed by atoms with E-state index in [9.17, 15) is 18.0 Å². The van der Waals surface area contributed by atoms with Crippen LogP contribution in [0.1, 0.15) is 12.6 Å². The lowest BCUT2D eigenvalue weighted by Crippen LogP contribution is -2.25. The minimum atomic E-state index is -4.76. The van der Waals surface area contributed by atoms with Crippen molar-refractivity contribution < 1.29 is 18.0 Å². The highest BCUT2D eigenvalue weighted by atomic mass is 19.4. The maximum absolute atomic E-state index is 11.9. The van der Waals surface area contributed by atoms with Crippen LogP contribution < -0.4 is 0 Å². The van der Waals surface area contributed by atoms with E-state index in [0.29, 0.717) is 6.54 Å². The van der Waals surface area contributed by atoms with Crippen molar-refractivity contribution in [2.24, 2.45) is 0 Å². The molecule has 0 aliphatic heterocycles. The molecule has 0 aliphatic rings. The number of hydrogen-bond acceptors (Lipinski definition) is 2. The van der Waals surface area contributed by atoms with E-state index < -0.39 is 18.4 Å². The van der Waals surface area contributed by atoms with Crippen molar-refractivity contribution in [3.8, 4) is 0 Å². The van der Waals surface area contributed by atoms with Crippen LogP contribution in [0.4, 0.5) is 13.2 Å². The topological polar surface area (TPSA) is 34.9 Å². The van der Waals surface area contributed by atoms with Crippen LogP contribution in [-0.2, 0) is 17.8 Å². The molecule has 14 heavy (non-hydrogen) atoms. The number of aryl methyl sites for hydroxylation is 1. The first-order valence-corrected chi connectivity index (χ1v) is 4.04. The number of ketones is 1. The van der Waals surface area contributed by atoms with Crippen LogP contribution in [0.3, 0.4) is 0 Å². The summed E-state index contributed by atoms with van der Waals surface area (Å²) in [5.41, 5.74) is 0.287. The predicted molar refractivity (Wildman–Crippen MR) is 42.7 cm³/mol. The number of rotatable bonds is 3. The lowest BCUT2D eigenvalue weighted by Gasteiger charge is -2.06. The summed E-state index contributed by atoms with van der Waals surface area (Å²) in [6.45, 7) is 2.27. The number of imidazole rings is 1. The zero-order chi connectivity index (χ0) is 10.8. The van der Waals surface area contributed by atoms with Crippen molar-refractivity contribution in [1.29, 1.82) is 0 Å². The predicted octanol–water partition coefficient (Wildman–Crippen LogP) is 1.58. The average molecular weight is 206 g/mol. The lowest BCUT2D eigenvalue weighted by molar-refractivity contribution is -0.170. The molecule has 0 aromatic carbocycles. The van der Waals surface area contributed by atoms with E-state index in [2.05, 4.69) is 4.98 Å². The minimum absolute atomic E-state index is 0.287. The molecule has 0 unspecified atom stereocenters. The molecular formula is C8H9F3N2O. The van der Waals surface area contributed by atoms with E-state index in [-0.39, 0.29) is 5.69 Å². The van der Waals surface area contributed by atoms with E-state index in [1.54, 1.807) is 6.92 Å². The highest BCUT2D eigenvalue weighted by molar-refractivity contribution is 5.85. The molecule has 0 saturated heterocycles. The van der Waals surface area contributed by atoms with Crippen LogP contribution in [0.15, 0.2) is 12.5 Å². The molecule has 0 spiro atoms. The van der Waals surface area contributed by atoms with Crippen LogP contribution >= 0.6 is 0 Å². The Morgan fingerprint density at radius 2 is 2.21 bits per heavy atom. The number of nitrogens with zero attached hydrogens (tertiary/aromatic N) is 2. The van der Waals surface area contributed by atoms with Gasteiger partial charge in [-0.05, 0) is 6.92 Å². The van der Waals surface area contributed by atoms with Gasteiger partial charge in [0.05, 0.1) is 12.7 Å². The molecule has 0 radical (unpaired) electrons. The second-order valence-electron chi connectivity index (χ2n) is 2.77. The molecule has 0 fully saturated rings. The summed E-state index contributed by atoms with van der Waals surface area (Å²) >= 11 is 0. The standard InChI is InChI=1S/C8H9F3N2O/c1-2-13-5-12-4-6(13)3-7(14)8(9,10)11/h4-5H,2-3H2,1H3. The van der Waals surface area contributed by atoms with E-state index in [1.165, 1.54) is 17.1 Å². The number of alkyl halides is 3. The Bertz CT molecular complexity index is 330. The normalized spacial score (nSPS) is 11.7. The summed E-state index contributed by atoms with van der Waals surface area (Å²) in [6, 6.07) is 0. The Balaban J connectivity index is 2.74. The number of carbonyl (C=O) groups is 1. The van der Waals surface area contributed by atoms with Crippen molar-refractivity contribution >= 4 is 5.78 Å². The quantitative estimate of drug-likeness (QED) is 0.752. The third-order valence-corrected chi connectivity index (χ3v) is 1.80. The molecule has 0 bridgehead atoms. The van der Waals surface area contributed by atoms with Crippen LogP contribution in [-0.4, -0.2) is 21.5 Å². The summed E-state index contributed by atoms with van der Waals surface area (Å²) in [7, 11) is 0. The van der Waals surface area contributed by atoms with Crippen LogP contribution in [0, 0.1) is 0 Å². The summed E-state index contributed by atoms with van der Waals surface area (Å²) < 4.78 is 37.2. The first kappa shape index (κ1) is 10.7. The van der Waals surface area contributed by atoms with Gasteiger partial charge in [-0.15, -0.1) is 0 Å². The minimum Gasteiger partial charge on any atom is -0.334 e. The van der Waals surface area contributed by atoms with Gasteiger partial charge in [0.2, 0.25) is 5.78 Å². The Morgan fingerprint density at radius 1 is 1.57 bits per heavy atom. The molecule has 1 rings (SSSR count). The second-order valence-corrected chi connectivity index (χ2v) is 2.77. The Hall–Kier alpha value is -1.33. The van der Waals surface area contributed by atoms with E-state index in [0.717, 1.165) is 0 Å². The monoisotopic (exact) mass is 206 g/mol. The third kappa shape index (κ3) is 2.34. The van der Waals surface area contributed by atoms with Gasteiger partial charge in [-0.1, -0.05) is 0 Å². The number of Topliss-reactive ketones (excluding diaryl/α,β-unsaturated/α-hetero) is 1. The summed E-state index contributed by atoms with van der Waals surface area (Å²) in [5, 5.41) is 0. The van der Waals surface area contributed by atoms with Gasteiger partial charge in [0, 0.05) is 18.4 Å². The van der Waals surface area contributed by atoms with E-state index in [4.69, 9.17) is 0 Å². The SMILES string of the molecule is CCn1cncc1CC(=O)C(F)(F)F. The van der Waals surface area contributed by atoms with Gasteiger partial charge in [0.15, 0.2) is 0 Å². The van der Waals surface area contributed by atoms with Crippen molar-refractivity contribution in [2.45, 2.75) is 26.1 Å². The second kappa shape index (κ2) is 3.81. The molecule has 78 valence electrons. The molecule has 1 aromatic heterocycles. The number of aromatic nitrogens is 2. The summed E-state index contributed by atoms with van der Waals surface area (Å²) in [4.78, 5) is 14.3. The fourth-order valence-electron chi connectivity index (χ4n) is 1.04. The molecule has 0 aliphatic carbocycles. The van der Waals surface area contributed by atoms with Gasteiger partial charge in [-0.3, -0.25) is 4.79 Å². The Kier molecular flexibility index (Phi) is 2.93. The lowest BCUT2D eigenvalue weighted by atomic mass is 10.2. The van der Waals surface area contributed by atoms with Gasteiger partial charge in [-0.25, -0.2) is 4.98 Å². The number of halogens is 3. The van der Waals surface area contributed by atoms with Crippen LogP contribution in [0.2, 0.25) is 0 Å². The smallest absolute Gasteiger partial charge is 0.334 e. The Morgan fingerprint density at radius 3 is 2.71 bits per heavy atom. The molecular weight excluding hydrogens is 197 g/mol. The third-order valence-electron chi connectivity index (χ3n) is 1.80. The highest BCUT2D eigenvalue weighted by Gasteiger charge is 2.38. The summed E-state index contributed by atoms with van der Waals surface area (Å²) in [5.74, 6) is -1.74. The number of carbonyl (C=O) groups excluding carboxylic acids is 1. The molecule has 0 saturated carbocycles. The highest BCUT2D eigenvalue weighted by Crippen LogP contribution is 2.18. The fourth-order valence-corrected chi connectivity index (χ4v) is 1.04. The van der Waals surface area contributed by atoms with E-state index in [1.807, 2.05) is 0 Å². The van der Waals surface area contributed by atoms with Gasteiger partial charge in [-0.2, -0.15) is 13.2 Å². The molecule has 6 heteroatoms. The molecule has 0 amide bonds. The number of hydrogen-bond donors (Lipinski definition) is 0. The molecule has 0 atom stereocenters.